The van der Waals surface area contributed by atoms with E-state index >= 15 is 0 Å². The molecule has 0 heterocycles. The van der Waals surface area contributed by atoms with E-state index in [-0.39, 0.29) is 11.3 Å². The van der Waals surface area contributed by atoms with Gasteiger partial charge in [0.2, 0.25) is 5.91 Å². The van der Waals surface area contributed by atoms with Crippen molar-refractivity contribution < 1.29 is 4.79 Å². The van der Waals surface area contributed by atoms with E-state index in [0.29, 0.717) is 13.0 Å². The smallest absolute Gasteiger partial charge is 0.219 e. The van der Waals surface area contributed by atoms with E-state index in [1.165, 1.54) is 5.56 Å². The van der Waals surface area contributed by atoms with Gasteiger partial charge in [0, 0.05) is 13.0 Å². The molecule has 0 spiro atoms. The first-order valence-corrected chi connectivity index (χ1v) is 5.79. The summed E-state index contributed by atoms with van der Waals surface area (Å²) in [4.78, 5) is 11.1. The van der Waals surface area contributed by atoms with Gasteiger partial charge in [0.05, 0.1) is 0 Å². The lowest BCUT2D eigenvalue weighted by Crippen LogP contribution is -2.21. The molecule has 0 saturated heterocycles. The Morgan fingerprint density at radius 2 is 1.75 bits per heavy atom. The fourth-order valence-electron chi connectivity index (χ4n) is 1.45. The third-order valence-electron chi connectivity index (χ3n) is 2.63. The van der Waals surface area contributed by atoms with E-state index in [2.05, 4.69) is 50.4 Å². The van der Waals surface area contributed by atoms with Crippen molar-refractivity contribution in [2.24, 2.45) is 0 Å². The minimum atomic E-state index is 0.0971. The molecule has 88 valence electrons. The molecule has 1 rings (SSSR count). The lowest BCUT2D eigenvalue weighted by atomic mass is 9.87. The number of carbonyl (C=O) groups is 1. The molecule has 0 unspecified atom stereocenters. The van der Waals surface area contributed by atoms with Gasteiger partial charge >= 0.3 is 0 Å². The molecule has 16 heavy (non-hydrogen) atoms. The van der Waals surface area contributed by atoms with Gasteiger partial charge in [0.15, 0.2) is 0 Å². The van der Waals surface area contributed by atoms with E-state index in [4.69, 9.17) is 0 Å². The first-order valence-electron chi connectivity index (χ1n) is 5.79. The van der Waals surface area contributed by atoms with Crippen molar-refractivity contribution in [2.45, 2.75) is 46.1 Å². The molecule has 0 aromatic heterocycles. The first-order chi connectivity index (χ1) is 7.43. The fourth-order valence-corrected chi connectivity index (χ4v) is 1.45. The van der Waals surface area contributed by atoms with Crippen LogP contribution in [0.25, 0.3) is 0 Å². The third-order valence-corrected chi connectivity index (χ3v) is 2.63. The van der Waals surface area contributed by atoms with E-state index < -0.39 is 0 Å². The summed E-state index contributed by atoms with van der Waals surface area (Å²) in [6, 6.07) is 8.42. The van der Waals surface area contributed by atoms with Gasteiger partial charge in [0.25, 0.3) is 0 Å². The van der Waals surface area contributed by atoms with Crippen LogP contribution in [-0.4, -0.2) is 5.91 Å². The molecule has 0 aliphatic heterocycles. The summed E-state index contributed by atoms with van der Waals surface area (Å²) in [6.45, 7) is 9.07. The van der Waals surface area contributed by atoms with Gasteiger partial charge in [-0.2, -0.15) is 0 Å². The molecule has 2 heteroatoms. The summed E-state index contributed by atoms with van der Waals surface area (Å²) in [5.74, 6) is 0.0971. The first kappa shape index (κ1) is 12.8. The van der Waals surface area contributed by atoms with Crippen LogP contribution in [-0.2, 0) is 16.8 Å². The molecule has 1 aromatic carbocycles. The zero-order chi connectivity index (χ0) is 12.2. The van der Waals surface area contributed by atoms with E-state index in [1.807, 2.05) is 6.92 Å². The SMILES string of the molecule is CCC(=O)NCc1ccc(C(C)(C)C)cc1. The van der Waals surface area contributed by atoms with E-state index in [9.17, 15) is 4.79 Å². The molecule has 0 fully saturated rings. The van der Waals surface area contributed by atoms with Gasteiger partial charge in [0.1, 0.15) is 0 Å². The van der Waals surface area contributed by atoms with Crippen LogP contribution in [0.4, 0.5) is 0 Å². The minimum Gasteiger partial charge on any atom is -0.352 e. The highest BCUT2D eigenvalue weighted by atomic mass is 16.1. The van der Waals surface area contributed by atoms with Crippen LogP contribution in [0, 0.1) is 0 Å². The number of hydrogen-bond acceptors (Lipinski definition) is 1. The van der Waals surface area contributed by atoms with Crippen molar-refractivity contribution in [1.82, 2.24) is 5.32 Å². The Balaban J connectivity index is 2.62. The van der Waals surface area contributed by atoms with Crippen molar-refractivity contribution in [3.8, 4) is 0 Å². The van der Waals surface area contributed by atoms with Gasteiger partial charge in [-0.05, 0) is 16.5 Å². The number of rotatable bonds is 3. The normalized spacial score (nSPS) is 11.2. The van der Waals surface area contributed by atoms with Crippen LogP contribution in [0.5, 0.6) is 0 Å². The zero-order valence-electron chi connectivity index (χ0n) is 10.6. The molecule has 1 amide bonds. The monoisotopic (exact) mass is 219 g/mol. The van der Waals surface area contributed by atoms with E-state index in [1.54, 1.807) is 0 Å². The molecule has 0 aliphatic carbocycles. The van der Waals surface area contributed by atoms with Crippen molar-refractivity contribution in [3.63, 3.8) is 0 Å². The topological polar surface area (TPSA) is 29.1 Å². The van der Waals surface area contributed by atoms with Crippen molar-refractivity contribution in [3.05, 3.63) is 35.4 Å². The maximum Gasteiger partial charge on any atom is 0.219 e. The maximum absolute atomic E-state index is 11.1. The molecule has 0 bridgehead atoms. The molecule has 1 aromatic rings. The molecule has 0 radical (unpaired) electrons. The summed E-state index contributed by atoms with van der Waals surface area (Å²) >= 11 is 0. The minimum absolute atomic E-state index is 0.0971. The zero-order valence-corrected chi connectivity index (χ0v) is 10.6. The van der Waals surface area contributed by atoms with Crippen LogP contribution >= 0.6 is 0 Å². The van der Waals surface area contributed by atoms with Gasteiger partial charge in [-0.25, -0.2) is 0 Å². The second-order valence-electron chi connectivity index (χ2n) is 5.08. The van der Waals surface area contributed by atoms with E-state index in [0.717, 1.165) is 5.56 Å². The van der Waals surface area contributed by atoms with Crippen LogP contribution in [0.3, 0.4) is 0 Å². The highest BCUT2D eigenvalue weighted by Crippen LogP contribution is 2.22. The number of hydrogen-bond donors (Lipinski definition) is 1. The summed E-state index contributed by atoms with van der Waals surface area (Å²) in [6.07, 6.45) is 0.542. The standard InChI is InChI=1S/C14H21NO/c1-5-13(16)15-10-11-6-8-12(9-7-11)14(2,3)4/h6-9H,5,10H2,1-4H3,(H,15,16). The van der Waals surface area contributed by atoms with Gasteiger partial charge < -0.3 is 5.32 Å². The molecule has 0 aliphatic rings. The van der Waals surface area contributed by atoms with Crippen molar-refractivity contribution in [1.29, 1.82) is 0 Å². The fraction of sp³-hybridized carbons (Fsp3) is 0.500. The maximum atomic E-state index is 11.1. The summed E-state index contributed by atoms with van der Waals surface area (Å²) < 4.78 is 0. The third kappa shape index (κ3) is 3.69. The van der Waals surface area contributed by atoms with Crippen LogP contribution in [0.2, 0.25) is 0 Å². The lowest BCUT2D eigenvalue weighted by molar-refractivity contribution is -0.120. The number of nitrogens with one attached hydrogen (secondary N) is 1. The molecule has 0 atom stereocenters. The molecule has 1 N–H and O–H groups in total. The molecule has 2 nitrogen and oxygen atoms in total. The lowest BCUT2D eigenvalue weighted by Gasteiger charge is -2.19. The second-order valence-corrected chi connectivity index (χ2v) is 5.08. The average molecular weight is 219 g/mol. The number of amides is 1. The summed E-state index contributed by atoms with van der Waals surface area (Å²) in [7, 11) is 0. The van der Waals surface area contributed by atoms with Gasteiger partial charge in [-0.3, -0.25) is 4.79 Å². The van der Waals surface area contributed by atoms with Gasteiger partial charge in [-0.15, -0.1) is 0 Å². The highest BCUT2D eigenvalue weighted by molar-refractivity contribution is 5.75. The van der Waals surface area contributed by atoms with Crippen LogP contribution < -0.4 is 5.32 Å². The predicted octanol–water partition coefficient (Wildman–Crippen LogP) is 3.01. The molecular weight excluding hydrogens is 198 g/mol. The summed E-state index contributed by atoms with van der Waals surface area (Å²) in [5.41, 5.74) is 2.65. The van der Waals surface area contributed by atoms with Crippen molar-refractivity contribution in [2.75, 3.05) is 0 Å². The predicted molar refractivity (Wildman–Crippen MR) is 67.3 cm³/mol. The summed E-state index contributed by atoms with van der Waals surface area (Å²) in [5, 5.41) is 2.87. The van der Waals surface area contributed by atoms with Crippen LogP contribution in [0.1, 0.15) is 45.2 Å². The Kier molecular flexibility index (Phi) is 4.11. The Bertz CT molecular complexity index is 346. The second kappa shape index (κ2) is 5.15. The highest BCUT2D eigenvalue weighted by Gasteiger charge is 2.12. The quantitative estimate of drug-likeness (QED) is 0.832. The van der Waals surface area contributed by atoms with Crippen molar-refractivity contribution >= 4 is 5.91 Å². The Morgan fingerprint density at radius 1 is 1.19 bits per heavy atom. The van der Waals surface area contributed by atoms with Gasteiger partial charge in [-0.1, -0.05) is 52.0 Å². The van der Waals surface area contributed by atoms with Crippen LogP contribution in [0.15, 0.2) is 24.3 Å². The Labute approximate surface area is 98.1 Å². The average Bonchev–Trinajstić information content (AvgIpc) is 2.25. The molecule has 0 saturated carbocycles. The number of carbonyl (C=O) groups excluding carboxylic acids is 1. The Morgan fingerprint density at radius 3 is 2.19 bits per heavy atom. The number of benzene rings is 1. The Hall–Kier alpha value is -1.31. The molecular formula is C14H21NO. The largest absolute Gasteiger partial charge is 0.352 e.